The standard InChI is InChI=1S/C9H9BrN2O4/c10-7-3-11(6-1-2-16-5-6)4-8(9(7)13)12(14)15/h3-4,6H,1-2,5H2. The number of nitrogens with zero attached hydrogens (tertiary/aromatic N) is 2. The van der Waals surface area contributed by atoms with E-state index in [1.807, 2.05) is 0 Å². The lowest BCUT2D eigenvalue weighted by Gasteiger charge is -2.12. The van der Waals surface area contributed by atoms with E-state index in [-0.39, 0.29) is 10.5 Å². The first kappa shape index (κ1) is 11.3. The van der Waals surface area contributed by atoms with E-state index >= 15 is 0 Å². The molecule has 0 aromatic carbocycles. The number of halogens is 1. The molecular weight excluding hydrogens is 280 g/mol. The molecule has 2 rings (SSSR count). The van der Waals surface area contributed by atoms with Crippen molar-refractivity contribution in [2.75, 3.05) is 13.2 Å². The van der Waals surface area contributed by atoms with Crippen molar-refractivity contribution in [1.29, 1.82) is 0 Å². The molecule has 0 N–H and O–H groups in total. The second-order valence-electron chi connectivity index (χ2n) is 3.54. The van der Waals surface area contributed by atoms with E-state index in [0.717, 1.165) is 6.42 Å². The van der Waals surface area contributed by atoms with Gasteiger partial charge in [0.2, 0.25) is 0 Å². The van der Waals surface area contributed by atoms with Crippen LogP contribution in [-0.2, 0) is 4.74 Å². The quantitative estimate of drug-likeness (QED) is 0.610. The van der Waals surface area contributed by atoms with Crippen LogP contribution in [0.1, 0.15) is 12.5 Å². The topological polar surface area (TPSA) is 74.4 Å². The van der Waals surface area contributed by atoms with E-state index in [2.05, 4.69) is 15.9 Å². The first-order chi connectivity index (χ1) is 7.59. The number of pyridine rings is 1. The van der Waals surface area contributed by atoms with Crippen LogP contribution in [0, 0.1) is 10.1 Å². The Morgan fingerprint density at radius 3 is 2.88 bits per heavy atom. The molecule has 0 amide bonds. The predicted molar refractivity (Wildman–Crippen MR) is 59.5 cm³/mol. The summed E-state index contributed by atoms with van der Waals surface area (Å²) in [6, 6.07) is 0.0654. The minimum Gasteiger partial charge on any atom is -0.379 e. The summed E-state index contributed by atoms with van der Waals surface area (Å²) in [6.45, 7) is 1.16. The summed E-state index contributed by atoms with van der Waals surface area (Å²) in [7, 11) is 0. The van der Waals surface area contributed by atoms with Crippen LogP contribution < -0.4 is 5.43 Å². The second kappa shape index (κ2) is 4.34. The van der Waals surface area contributed by atoms with Gasteiger partial charge in [-0.05, 0) is 22.4 Å². The van der Waals surface area contributed by atoms with Gasteiger partial charge in [-0.15, -0.1) is 0 Å². The molecule has 0 saturated carbocycles. The molecule has 1 aromatic heterocycles. The van der Waals surface area contributed by atoms with Crippen LogP contribution in [0.4, 0.5) is 5.69 Å². The van der Waals surface area contributed by atoms with Crippen molar-refractivity contribution in [1.82, 2.24) is 4.57 Å². The van der Waals surface area contributed by atoms with Crippen molar-refractivity contribution in [3.8, 4) is 0 Å². The van der Waals surface area contributed by atoms with Gasteiger partial charge in [-0.3, -0.25) is 14.9 Å². The van der Waals surface area contributed by atoms with E-state index in [1.54, 1.807) is 10.8 Å². The lowest BCUT2D eigenvalue weighted by molar-refractivity contribution is -0.386. The molecule has 0 bridgehead atoms. The van der Waals surface area contributed by atoms with Gasteiger partial charge in [0.25, 0.3) is 5.43 Å². The Morgan fingerprint density at radius 1 is 1.56 bits per heavy atom. The summed E-state index contributed by atoms with van der Waals surface area (Å²) < 4.78 is 7.06. The van der Waals surface area contributed by atoms with Crippen LogP contribution in [0.3, 0.4) is 0 Å². The molecule has 0 aliphatic carbocycles. The van der Waals surface area contributed by atoms with Gasteiger partial charge in [-0.2, -0.15) is 0 Å². The number of aromatic nitrogens is 1. The van der Waals surface area contributed by atoms with Crippen LogP contribution in [0.15, 0.2) is 21.7 Å². The van der Waals surface area contributed by atoms with Crippen molar-refractivity contribution in [2.24, 2.45) is 0 Å². The third-order valence-electron chi connectivity index (χ3n) is 2.51. The maximum absolute atomic E-state index is 11.4. The summed E-state index contributed by atoms with van der Waals surface area (Å²) in [5.41, 5.74) is -1.01. The molecule has 1 saturated heterocycles. The largest absolute Gasteiger partial charge is 0.379 e. The highest BCUT2D eigenvalue weighted by molar-refractivity contribution is 9.10. The Balaban J connectivity index is 2.47. The van der Waals surface area contributed by atoms with E-state index in [1.165, 1.54) is 6.20 Å². The van der Waals surface area contributed by atoms with Gasteiger partial charge in [0.1, 0.15) is 0 Å². The zero-order chi connectivity index (χ0) is 11.7. The number of hydrogen-bond donors (Lipinski definition) is 0. The second-order valence-corrected chi connectivity index (χ2v) is 4.40. The molecule has 1 fully saturated rings. The maximum atomic E-state index is 11.4. The van der Waals surface area contributed by atoms with E-state index in [0.29, 0.717) is 13.2 Å². The molecule has 1 unspecified atom stereocenters. The van der Waals surface area contributed by atoms with Gasteiger partial charge in [0.05, 0.1) is 28.2 Å². The van der Waals surface area contributed by atoms with E-state index < -0.39 is 16.0 Å². The van der Waals surface area contributed by atoms with Crippen LogP contribution in [-0.4, -0.2) is 22.7 Å². The molecule has 2 heterocycles. The zero-order valence-corrected chi connectivity index (χ0v) is 9.84. The minimum absolute atomic E-state index is 0.0654. The Bertz CT molecular complexity index is 479. The highest BCUT2D eigenvalue weighted by atomic mass is 79.9. The number of hydrogen-bond acceptors (Lipinski definition) is 4. The first-order valence-electron chi connectivity index (χ1n) is 4.73. The summed E-state index contributed by atoms with van der Waals surface area (Å²) in [5, 5.41) is 10.7. The third-order valence-corrected chi connectivity index (χ3v) is 3.07. The summed E-state index contributed by atoms with van der Waals surface area (Å²) >= 11 is 3.03. The smallest absolute Gasteiger partial charge is 0.333 e. The van der Waals surface area contributed by atoms with Crippen molar-refractivity contribution in [3.63, 3.8) is 0 Å². The van der Waals surface area contributed by atoms with E-state index in [9.17, 15) is 14.9 Å². The average molecular weight is 289 g/mol. The highest BCUT2D eigenvalue weighted by Crippen LogP contribution is 2.21. The van der Waals surface area contributed by atoms with Crippen LogP contribution in [0.5, 0.6) is 0 Å². The normalized spacial score (nSPS) is 19.9. The number of ether oxygens (including phenoxy) is 1. The SMILES string of the molecule is O=c1c(Br)cn(C2CCOC2)cc1[N+](=O)[O-]. The molecule has 7 heteroatoms. The zero-order valence-electron chi connectivity index (χ0n) is 8.26. The Labute approximate surface area is 99.1 Å². The fourth-order valence-corrected chi connectivity index (χ4v) is 2.09. The lowest BCUT2D eigenvalue weighted by Crippen LogP contribution is -2.16. The number of nitro groups is 1. The molecule has 1 aliphatic heterocycles. The van der Waals surface area contributed by atoms with Crippen molar-refractivity contribution in [2.45, 2.75) is 12.5 Å². The molecule has 1 aliphatic rings. The molecular formula is C9H9BrN2O4. The van der Waals surface area contributed by atoms with Crippen LogP contribution in [0.2, 0.25) is 0 Å². The van der Waals surface area contributed by atoms with Gasteiger partial charge >= 0.3 is 5.69 Å². The van der Waals surface area contributed by atoms with Gasteiger partial charge in [0, 0.05) is 12.8 Å². The minimum atomic E-state index is -0.667. The van der Waals surface area contributed by atoms with Crippen molar-refractivity contribution >= 4 is 21.6 Å². The summed E-state index contributed by atoms with van der Waals surface area (Å²) in [4.78, 5) is 21.5. The molecule has 1 aromatic rings. The summed E-state index contributed by atoms with van der Waals surface area (Å²) in [5.74, 6) is 0. The van der Waals surface area contributed by atoms with E-state index in [4.69, 9.17) is 4.74 Å². The van der Waals surface area contributed by atoms with Crippen LogP contribution >= 0.6 is 15.9 Å². The molecule has 6 nitrogen and oxygen atoms in total. The average Bonchev–Trinajstić information content (AvgIpc) is 2.74. The fourth-order valence-electron chi connectivity index (χ4n) is 1.65. The van der Waals surface area contributed by atoms with Gasteiger partial charge in [-0.25, -0.2) is 0 Å². The monoisotopic (exact) mass is 288 g/mol. The molecule has 86 valence electrons. The molecule has 1 atom stereocenters. The fraction of sp³-hybridized carbons (Fsp3) is 0.444. The van der Waals surface area contributed by atoms with Gasteiger partial charge in [0.15, 0.2) is 0 Å². The summed E-state index contributed by atoms with van der Waals surface area (Å²) in [6.07, 6.45) is 3.63. The Morgan fingerprint density at radius 2 is 2.31 bits per heavy atom. The molecule has 0 spiro atoms. The van der Waals surface area contributed by atoms with Gasteiger partial charge in [-0.1, -0.05) is 0 Å². The Hall–Kier alpha value is -1.21. The highest BCUT2D eigenvalue weighted by Gasteiger charge is 2.22. The third kappa shape index (κ3) is 2.00. The van der Waals surface area contributed by atoms with Crippen molar-refractivity contribution < 1.29 is 9.66 Å². The van der Waals surface area contributed by atoms with Gasteiger partial charge < -0.3 is 9.30 Å². The maximum Gasteiger partial charge on any atom is 0.333 e. The lowest BCUT2D eigenvalue weighted by atomic mass is 10.2. The molecule has 0 radical (unpaired) electrons. The Kier molecular flexibility index (Phi) is 3.06. The number of rotatable bonds is 2. The first-order valence-corrected chi connectivity index (χ1v) is 5.52. The molecule has 16 heavy (non-hydrogen) atoms. The van der Waals surface area contributed by atoms with Crippen molar-refractivity contribution in [3.05, 3.63) is 37.2 Å². The predicted octanol–water partition coefficient (Wildman–Crippen LogP) is 1.48. The van der Waals surface area contributed by atoms with Crippen LogP contribution in [0.25, 0.3) is 0 Å².